The molecule has 3 aliphatic rings. The summed E-state index contributed by atoms with van der Waals surface area (Å²) in [7, 11) is 1.71. The summed E-state index contributed by atoms with van der Waals surface area (Å²) in [5.74, 6) is 1.41. The number of ether oxygens (including phenoxy) is 2. The van der Waals surface area contributed by atoms with Gasteiger partial charge in [-0.2, -0.15) is 0 Å². The molecule has 0 unspecified atom stereocenters. The highest BCUT2D eigenvalue weighted by molar-refractivity contribution is 5.80. The van der Waals surface area contributed by atoms with E-state index in [-0.39, 0.29) is 18.1 Å². The van der Waals surface area contributed by atoms with E-state index in [1.165, 1.54) is 10.6 Å². The molecule has 3 fully saturated rings. The van der Waals surface area contributed by atoms with Crippen molar-refractivity contribution >= 4 is 5.91 Å². The monoisotopic (exact) mass is 346 g/mol. The Morgan fingerprint density at radius 2 is 2.20 bits per heavy atom. The summed E-state index contributed by atoms with van der Waals surface area (Å²) >= 11 is 0. The van der Waals surface area contributed by atoms with Crippen molar-refractivity contribution in [1.82, 2.24) is 9.96 Å². The number of fused-ring (bicyclic) bond motifs is 1. The Hall–Kier alpha value is -1.63. The van der Waals surface area contributed by atoms with Crippen LogP contribution in [0.25, 0.3) is 0 Å². The van der Waals surface area contributed by atoms with E-state index >= 15 is 0 Å². The standard InChI is InChI=1S/C19H26N2O4/c1-23-16-6-3-2-5-15(16)12-20-9-7-14-11-17(25-18(14)13-20)19(22)21-8-4-10-24-21/h2-3,5-6,14,17-18H,4,7-13H2,1H3/t14-,17-,18+/m1/s1. The third-order valence-electron chi connectivity index (χ3n) is 5.50. The van der Waals surface area contributed by atoms with Crippen LogP contribution in [0.15, 0.2) is 24.3 Å². The maximum absolute atomic E-state index is 12.5. The van der Waals surface area contributed by atoms with Gasteiger partial charge in [-0.1, -0.05) is 18.2 Å². The summed E-state index contributed by atoms with van der Waals surface area (Å²) in [5.41, 5.74) is 1.19. The van der Waals surface area contributed by atoms with E-state index in [0.717, 1.165) is 44.6 Å². The highest BCUT2D eigenvalue weighted by Gasteiger charge is 2.43. The maximum atomic E-state index is 12.5. The minimum Gasteiger partial charge on any atom is -0.496 e. The third-order valence-corrected chi connectivity index (χ3v) is 5.50. The number of para-hydroxylation sites is 1. The van der Waals surface area contributed by atoms with Gasteiger partial charge in [-0.15, -0.1) is 0 Å². The van der Waals surface area contributed by atoms with Gasteiger partial charge in [0.05, 0.1) is 26.4 Å². The van der Waals surface area contributed by atoms with Crippen molar-refractivity contribution < 1.29 is 19.1 Å². The second-order valence-electron chi connectivity index (χ2n) is 7.12. The number of methoxy groups -OCH3 is 1. The summed E-state index contributed by atoms with van der Waals surface area (Å²) in [6, 6.07) is 8.14. The smallest absolute Gasteiger partial charge is 0.275 e. The average molecular weight is 346 g/mol. The van der Waals surface area contributed by atoms with E-state index in [2.05, 4.69) is 11.0 Å². The zero-order valence-electron chi connectivity index (χ0n) is 14.7. The number of carbonyl (C=O) groups excluding carboxylic acids is 1. The number of likely N-dealkylation sites (tertiary alicyclic amines) is 1. The predicted octanol–water partition coefficient (Wildman–Crippen LogP) is 1.84. The molecule has 25 heavy (non-hydrogen) atoms. The first-order valence-electron chi connectivity index (χ1n) is 9.18. The van der Waals surface area contributed by atoms with Crippen LogP contribution in [0.3, 0.4) is 0 Å². The maximum Gasteiger partial charge on any atom is 0.275 e. The van der Waals surface area contributed by atoms with Gasteiger partial charge in [0.2, 0.25) is 0 Å². The number of carbonyl (C=O) groups is 1. The van der Waals surface area contributed by atoms with Crippen molar-refractivity contribution in [3.05, 3.63) is 29.8 Å². The number of piperidine rings is 1. The molecule has 0 aliphatic carbocycles. The highest BCUT2D eigenvalue weighted by Crippen LogP contribution is 2.35. The van der Waals surface area contributed by atoms with Gasteiger partial charge in [0.25, 0.3) is 5.91 Å². The van der Waals surface area contributed by atoms with Crippen LogP contribution in [-0.4, -0.2) is 61.4 Å². The number of benzene rings is 1. The Balaban J connectivity index is 1.36. The minimum absolute atomic E-state index is 0.00294. The van der Waals surface area contributed by atoms with Crippen molar-refractivity contribution in [2.24, 2.45) is 5.92 Å². The van der Waals surface area contributed by atoms with Gasteiger partial charge < -0.3 is 9.47 Å². The molecule has 3 heterocycles. The SMILES string of the molecule is COc1ccccc1CN1CC[C@@H]2C[C@H](C(=O)N3CCCO3)O[C@H]2C1. The lowest BCUT2D eigenvalue weighted by molar-refractivity contribution is -0.180. The first-order valence-corrected chi connectivity index (χ1v) is 9.18. The van der Waals surface area contributed by atoms with E-state index in [0.29, 0.717) is 19.1 Å². The number of hydrogen-bond donors (Lipinski definition) is 0. The fourth-order valence-corrected chi connectivity index (χ4v) is 4.15. The normalized spacial score (nSPS) is 29.6. The van der Waals surface area contributed by atoms with E-state index in [1.807, 2.05) is 18.2 Å². The summed E-state index contributed by atoms with van der Waals surface area (Å²) in [6.45, 7) is 4.08. The van der Waals surface area contributed by atoms with E-state index in [4.69, 9.17) is 14.3 Å². The molecule has 1 aromatic carbocycles. The molecule has 4 rings (SSSR count). The Morgan fingerprint density at radius 3 is 3.00 bits per heavy atom. The summed E-state index contributed by atoms with van der Waals surface area (Å²) < 4.78 is 11.6. The molecule has 0 spiro atoms. The van der Waals surface area contributed by atoms with Crippen LogP contribution >= 0.6 is 0 Å². The van der Waals surface area contributed by atoms with Crippen molar-refractivity contribution in [3.8, 4) is 5.75 Å². The lowest BCUT2D eigenvalue weighted by Gasteiger charge is -2.34. The molecule has 136 valence electrons. The largest absolute Gasteiger partial charge is 0.496 e. The summed E-state index contributed by atoms with van der Waals surface area (Å²) in [5, 5.41) is 1.49. The molecule has 1 amide bonds. The molecule has 0 bridgehead atoms. The van der Waals surface area contributed by atoms with Gasteiger partial charge in [0.1, 0.15) is 11.9 Å². The second kappa shape index (κ2) is 7.32. The van der Waals surface area contributed by atoms with Crippen LogP contribution in [0, 0.1) is 5.92 Å². The third kappa shape index (κ3) is 3.52. The molecule has 0 aromatic heterocycles. The zero-order chi connectivity index (χ0) is 17.2. The number of rotatable bonds is 4. The Labute approximate surface area is 148 Å². The first kappa shape index (κ1) is 16.8. The van der Waals surface area contributed by atoms with Crippen molar-refractivity contribution in [2.45, 2.75) is 38.0 Å². The Kier molecular flexibility index (Phi) is 4.92. The van der Waals surface area contributed by atoms with E-state index in [9.17, 15) is 4.79 Å². The minimum atomic E-state index is -0.334. The molecule has 6 heteroatoms. The van der Waals surface area contributed by atoms with Crippen LogP contribution in [0.4, 0.5) is 0 Å². The quantitative estimate of drug-likeness (QED) is 0.833. The molecule has 3 saturated heterocycles. The molecule has 6 nitrogen and oxygen atoms in total. The second-order valence-corrected chi connectivity index (χ2v) is 7.12. The van der Waals surface area contributed by atoms with Crippen LogP contribution in [0.1, 0.15) is 24.8 Å². The van der Waals surface area contributed by atoms with Gasteiger partial charge in [-0.05, 0) is 37.8 Å². The van der Waals surface area contributed by atoms with Crippen LogP contribution < -0.4 is 4.74 Å². The number of nitrogens with zero attached hydrogens (tertiary/aromatic N) is 2. The van der Waals surface area contributed by atoms with Crippen LogP contribution in [0.2, 0.25) is 0 Å². The topological polar surface area (TPSA) is 51.2 Å². The fourth-order valence-electron chi connectivity index (χ4n) is 4.15. The first-order chi connectivity index (χ1) is 12.2. The Bertz CT molecular complexity index is 617. The molecule has 3 atom stereocenters. The predicted molar refractivity (Wildman–Crippen MR) is 91.9 cm³/mol. The molecule has 0 saturated carbocycles. The van der Waals surface area contributed by atoms with Crippen LogP contribution in [0.5, 0.6) is 5.75 Å². The molecule has 0 radical (unpaired) electrons. The summed E-state index contributed by atoms with van der Waals surface area (Å²) in [4.78, 5) is 20.3. The van der Waals surface area contributed by atoms with Crippen molar-refractivity contribution in [1.29, 1.82) is 0 Å². The molecule has 0 N–H and O–H groups in total. The van der Waals surface area contributed by atoms with Gasteiger partial charge >= 0.3 is 0 Å². The lowest BCUT2D eigenvalue weighted by atomic mass is 9.91. The van der Waals surface area contributed by atoms with Gasteiger partial charge in [0.15, 0.2) is 0 Å². The fraction of sp³-hybridized carbons (Fsp3) is 0.632. The van der Waals surface area contributed by atoms with Crippen molar-refractivity contribution in [3.63, 3.8) is 0 Å². The Morgan fingerprint density at radius 1 is 1.32 bits per heavy atom. The molecule has 1 aromatic rings. The number of hydrogen-bond acceptors (Lipinski definition) is 5. The van der Waals surface area contributed by atoms with Gasteiger partial charge in [0, 0.05) is 18.7 Å². The summed E-state index contributed by atoms with van der Waals surface area (Å²) in [6.07, 6.45) is 2.62. The van der Waals surface area contributed by atoms with E-state index < -0.39 is 0 Å². The molecule has 3 aliphatic heterocycles. The lowest BCUT2D eigenvalue weighted by Crippen LogP contribution is -2.42. The molecular weight excluding hydrogens is 320 g/mol. The molecular formula is C19H26N2O4. The zero-order valence-corrected chi connectivity index (χ0v) is 14.7. The van der Waals surface area contributed by atoms with Gasteiger partial charge in [-0.25, -0.2) is 5.06 Å². The number of amides is 1. The number of hydroxylamine groups is 2. The highest BCUT2D eigenvalue weighted by atomic mass is 16.7. The van der Waals surface area contributed by atoms with Crippen molar-refractivity contribution in [2.75, 3.05) is 33.4 Å². The average Bonchev–Trinajstić information content (AvgIpc) is 3.31. The van der Waals surface area contributed by atoms with Crippen LogP contribution in [-0.2, 0) is 20.9 Å². The van der Waals surface area contributed by atoms with Gasteiger partial charge in [-0.3, -0.25) is 14.5 Å². The van der Waals surface area contributed by atoms with E-state index in [1.54, 1.807) is 7.11 Å².